The Labute approximate surface area is 143 Å². The van der Waals surface area contributed by atoms with Crippen molar-refractivity contribution in [1.82, 2.24) is 10.6 Å². The first-order valence-corrected chi connectivity index (χ1v) is 8.37. The molecule has 0 aliphatic heterocycles. The van der Waals surface area contributed by atoms with Crippen molar-refractivity contribution < 1.29 is 9.59 Å². The predicted molar refractivity (Wildman–Crippen MR) is 95.2 cm³/mol. The van der Waals surface area contributed by atoms with Crippen molar-refractivity contribution in [3.05, 3.63) is 71.8 Å². The van der Waals surface area contributed by atoms with E-state index in [1.165, 1.54) is 0 Å². The highest BCUT2D eigenvalue weighted by atomic mass is 16.2. The molecule has 0 aliphatic carbocycles. The minimum atomic E-state index is -0.597. The van der Waals surface area contributed by atoms with Crippen LogP contribution in [0.1, 0.15) is 49.9 Å². The second-order valence-electron chi connectivity index (χ2n) is 5.69. The molecule has 0 radical (unpaired) electrons. The van der Waals surface area contributed by atoms with Gasteiger partial charge in [-0.1, -0.05) is 74.5 Å². The zero-order valence-electron chi connectivity index (χ0n) is 14.2. The number of hydrogen-bond donors (Lipinski definition) is 2. The van der Waals surface area contributed by atoms with Gasteiger partial charge in [0.1, 0.15) is 0 Å². The summed E-state index contributed by atoms with van der Waals surface area (Å²) in [5.41, 5.74) is 1.99. The summed E-state index contributed by atoms with van der Waals surface area (Å²) in [6.07, 6.45) is 1.44. The molecule has 2 rings (SSSR count). The largest absolute Gasteiger partial charge is 0.341 e. The average molecular weight is 324 g/mol. The van der Waals surface area contributed by atoms with Crippen LogP contribution < -0.4 is 10.6 Å². The van der Waals surface area contributed by atoms with Crippen molar-refractivity contribution in [3.63, 3.8) is 0 Å². The Hall–Kier alpha value is -2.62. The molecule has 0 heterocycles. The lowest BCUT2D eigenvalue weighted by Crippen LogP contribution is -2.42. The van der Waals surface area contributed by atoms with E-state index in [2.05, 4.69) is 10.6 Å². The van der Waals surface area contributed by atoms with Crippen LogP contribution in [0.25, 0.3) is 0 Å². The Balaban J connectivity index is 1.99. The highest BCUT2D eigenvalue weighted by Crippen LogP contribution is 2.17. The Bertz CT molecular complexity index is 596. The third-order valence-electron chi connectivity index (χ3n) is 4.04. The van der Waals surface area contributed by atoms with Crippen molar-refractivity contribution in [3.8, 4) is 0 Å². The van der Waals surface area contributed by atoms with Crippen LogP contribution in [0, 0.1) is 0 Å². The number of amides is 2. The lowest BCUT2D eigenvalue weighted by Gasteiger charge is -2.20. The fraction of sp³-hybridized carbons (Fsp3) is 0.300. The number of rotatable bonds is 6. The molecule has 2 aromatic rings. The summed E-state index contributed by atoms with van der Waals surface area (Å²) < 4.78 is 0. The van der Waals surface area contributed by atoms with E-state index >= 15 is 0 Å². The van der Waals surface area contributed by atoms with Crippen molar-refractivity contribution in [1.29, 1.82) is 0 Å². The van der Waals surface area contributed by atoms with Crippen LogP contribution >= 0.6 is 0 Å². The van der Waals surface area contributed by atoms with Gasteiger partial charge in [-0.25, -0.2) is 0 Å². The third kappa shape index (κ3) is 4.69. The molecule has 0 spiro atoms. The minimum absolute atomic E-state index is 0.166. The molecule has 0 bridgehead atoms. The maximum atomic E-state index is 12.2. The summed E-state index contributed by atoms with van der Waals surface area (Å²) >= 11 is 0. The molecular weight excluding hydrogens is 300 g/mol. The third-order valence-corrected chi connectivity index (χ3v) is 4.04. The Morgan fingerprint density at radius 3 is 1.33 bits per heavy atom. The fourth-order valence-corrected chi connectivity index (χ4v) is 2.66. The number of nitrogens with one attached hydrogen (secondary N) is 2. The number of benzene rings is 2. The molecule has 4 heteroatoms. The highest BCUT2D eigenvalue weighted by molar-refractivity contribution is 6.35. The standard InChI is InChI=1S/C20H24N2O2/c1-3-17(15-11-7-5-8-12-15)21-19(23)20(24)22-18(4-2)16-13-9-6-10-14-16/h5-14,17-18H,3-4H2,1-2H3,(H,21,23)(H,22,24)/t17-,18-/m1/s1. The van der Waals surface area contributed by atoms with E-state index in [0.29, 0.717) is 0 Å². The summed E-state index contributed by atoms with van der Waals surface area (Å²) in [6.45, 7) is 3.96. The maximum absolute atomic E-state index is 12.2. The zero-order chi connectivity index (χ0) is 17.4. The van der Waals surface area contributed by atoms with E-state index in [0.717, 1.165) is 24.0 Å². The van der Waals surface area contributed by atoms with Gasteiger partial charge < -0.3 is 10.6 Å². The Morgan fingerprint density at radius 1 is 0.708 bits per heavy atom. The number of carbonyl (C=O) groups is 2. The predicted octanol–water partition coefficient (Wildman–Crippen LogP) is 3.52. The first-order chi connectivity index (χ1) is 11.7. The summed E-state index contributed by atoms with van der Waals surface area (Å²) in [4.78, 5) is 24.5. The lowest BCUT2D eigenvalue weighted by molar-refractivity contribution is -0.140. The molecule has 2 atom stereocenters. The first-order valence-electron chi connectivity index (χ1n) is 8.37. The molecule has 24 heavy (non-hydrogen) atoms. The minimum Gasteiger partial charge on any atom is -0.341 e. The van der Waals surface area contributed by atoms with Gasteiger partial charge in [0, 0.05) is 0 Å². The first kappa shape index (κ1) is 17.7. The van der Waals surface area contributed by atoms with E-state index in [-0.39, 0.29) is 12.1 Å². The molecule has 2 amide bonds. The van der Waals surface area contributed by atoms with Gasteiger partial charge in [0.2, 0.25) is 0 Å². The van der Waals surface area contributed by atoms with Gasteiger partial charge in [-0.05, 0) is 24.0 Å². The van der Waals surface area contributed by atoms with Gasteiger partial charge in [0.15, 0.2) is 0 Å². The number of hydrogen-bond acceptors (Lipinski definition) is 2. The quantitative estimate of drug-likeness (QED) is 0.799. The molecule has 0 saturated carbocycles. The average Bonchev–Trinajstić information content (AvgIpc) is 2.65. The second kappa shape index (κ2) is 8.87. The molecule has 0 fully saturated rings. The topological polar surface area (TPSA) is 58.2 Å². The van der Waals surface area contributed by atoms with Crippen LogP contribution in [0.4, 0.5) is 0 Å². The molecule has 2 N–H and O–H groups in total. The Morgan fingerprint density at radius 2 is 1.04 bits per heavy atom. The maximum Gasteiger partial charge on any atom is 0.309 e. The summed E-state index contributed by atoms with van der Waals surface area (Å²) in [7, 11) is 0. The van der Waals surface area contributed by atoms with E-state index in [1.807, 2.05) is 74.5 Å². The zero-order valence-corrected chi connectivity index (χ0v) is 14.2. The van der Waals surface area contributed by atoms with Crippen molar-refractivity contribution in [2.45, 2.75) is 38.8 Å². The van der Waals surface area contributed by atoms with Gasteiger partial charge in [-0.2, -0.15) is 0 Å². The normalized spacial score (nSPS) is 12.9. The van der Waals surface area contributed by atoms with Crippen LogP contribution in [0.2, 0.25) is 0 Å². The van der Waals surface area contributed by atoms with Crippen LogP contribution in [0.15, 0.2) is 60.7 Å². The van der Waals surface area contributed by atoms with Crippen LogP contribution in [-0.4, -0.2) is 11.8 Å². The van der Waals surface area contributed by atoms with Crippen LogP contribution in [0.5, 0.6) is 0 Å². The van der Waals surface area contributed by atoms with E-state index < -0.39 is 11.8 Å². The molecule has 4 nitrogen and oxygen atoms in total. The van der Waals surface area contributed by atoms with Gasteiger partial charge in [0.05, 0.1) is 12.1 Å². The molecule has 0 aromatic heterocycles. The van der Waals surface area contributed by atoms with Crippen LogP contribution in [-0.2, 0) is 9.59 Å². The highest BCUT2D eigenvalue weighted by Gasteiger charge is 2.21. The molecule has 126 valence electrons. The van der Waals surface area contributed by atoms with Crippen LogP contribution in [0.3, 0.4) is 0 Å². The van der Waals surface area contributed by atoms with E-state index in [4.69, 9.17) is 0 Å². The van der Waals surface area contributed by atoms with E-state index in [9.17, 15) is 9.59 Å². The summed E-state index contributed by atoms with van der Waals surface area (Å²) in [5, 5.41) is 5.63. The second-order valence-corrected chi connectivity index (χ2v) is 5.69. The fourth-order valence-electron chi connectivity index (χ4n) is 2.66. The number of carbonyl (C=O) groups excluding carboxylic acids is 2. The monoisotopic (exact) mass is 324 g/mol. The van der Waals surface area contributed by atoms with Gasteiger partial charge in [0.25, 0.3) is 0 Å². The van der Waals surface area contributed by atoms with Gasteiger partial charge >= 0.3 is 11.8 Å². The molecule has 0 aliphatic rings. The smallest absolute Gasteiger partial charge is 0.309 e. The van der Waals surface area contributed by atoms with Gasteiger partial charge in [-0.15, -0.1) is 0 Å². The SMILES string of the molecule is CC[C@@H](NC(=O)C(=O)N[C@H](CC)c1ccccc1)c1ccccc1. The van der Waals surface area contributed by atoms with Crippen molar-refractivity contribution >= 4 is 11.8 Å². The molecule has 2 aromatic carbocycles. The molecule has 0 saturated heterocycles. The molecular formula is C20H24N2O2. The lowest BCUT2D eigenvalue weighted by atomic mass is 10.0. The van der Waals surface area contributed by atoms with Crippen molar-refractivity contribution in [2.75, 3.05) is 0 Å². The molecule has 0 unspecified atom stereocenters. The Kier molecular flexibility index (Phi) is 6.55. The van der Waals surface area contributed by atoms with Crippen molar-refractivity contribution in [2.24, 2.45) is 0 Å². The summed E-state index contributed by atoms with van der Waals surface area (Å²) in [5.74, 6) is -1.19. The van der Waals surface area contributed by atoms with E-state index in [1.54, 1.807) is 0 Å². The summed E-state index contributed by atoms with van der Waals surface area (Å²) in [6, 6.07) is 19.0. The van der Waals surface area contributed by atoms with Gasteiger partial charge in [-0.3, -0.25) is 9.59 Å².